The Bertz CT molecular complexity index is 1530. The van der Waals surface area contributed by atoms with E-state index in [1.165, 1.54) is 19.3 Å². The third-order valence-electron chi connectivity index (χ3n) is 6.79. The fourth-order valence-electron chi connectivity index (χ4n) is 4.91. The zero-order valence-electron chi connectivity index (χ0n) is 19.1. The molecule has 2 aliphatic heterocycles. The van der Waals surface area contributed by atoms with E-state index >= 15 is 0 Å². The molecule has 0 spiro atoms. The van der Waals surface area contributed by atoms with Gasteiger partial charge in [0.25, 0.3) is 0 Å². The van der Waals surface area contributed by atoms with Gasteiger partial charge in [0.2, 0.25) is 0 Å². The van der Waals surface area contributed by atoms with E-state index in [0.717, 1.165) is 65.6 Å². The number of hydrogen-bond donors (Lipinski definition) is 3. The smallest absolute Gasteiger partial charge is 0.161 e. The molecular formula is C24H25N11. The van der Waals surface area contributed by atoms with Gasteiger partial charge in [-0.25, -0.2) is 19.9 Å². The van der Waals surface area contributed by atoms with Crippen molar-refractivity contribution in [3.63, 3.8) is 0 Å². The molecule has 2 saturated heterocycles. The molecule has 7 rings (SSSR count). The minimum atomic E-state index is 0.192. The first-order valence-electron chi connectivity index (χ1n) is 12.0. The van der Waals surface area contributed by atoms with Gasteiger partial charge >= 0.3 is 0 Å². The van der Waals surface area contributed by atoms with Gasteiger partial charge in [-0.1, -0.05) is 0 Å². The van der Waals surface area contributed by atoms with Gasteiger partial charge in [0.05, 0.1) is 29.1 Å². The molecule has 0 radical (unpaired) electrons. The molecule has 176 valence electrons. The molecule has 0 atom stereocenters. The normalized spacial score (nSPS) is 16.8. The average molecular weight is 468 g/mol. The predicted octanol–water partition coefficient (Wildman–Crippen LogP) is 2.49. The van der Waals surface area contributed by atoms with E-state index in [2.05, 4.69) is 34.9 Å². The van der Waals surface area contributed by atoms with Crippen LogP contribution in [0.15, 0.2) is 36.8 Å². The van der Waals surface area contributed by atoms with Crippen molar-refractivity contribution in [1.82, 2.24) is 40.1 Å². The molecule has 11 nitrogen and oxygen atoms in total. The highest BCUT2D eigenvalue weighted by molar-refractivity contribution is 5.93. The maximum absolute atomic E-state index is 5.93. The van der Waals surface area contributed by atoms with Crippen LogP contribution < -0.4 is 15.5 Å². The first-order chi connectivity index (χ1) is 17.2. The number of nitrogens with two attached hydrogens (primary N) is 1. The van der Waals surface area contributed by atoms with Gasteiger partial charge in [-0.05, 0) is 37.5 Å². The number of nitrogens with zero attached hydrogens (tertiary/aromatic N) is 8. The summed E-state index contributed by atoms with van der Waals surface area (Å²) in [5.41, 5.74) is 11.4. The number of rotatable bonds is 4. The maximum Gasteiger partial charge on any atom is 0.161 e. The Balaban J connectivity index is 1.28. The van der Waals surface area contributed by atoms with Gasteiger partial charge in [-0.3, -0.25) is 10.1 Å². The Morgan fingerprint density at radius 2 is 1.74 bits per heavy atom. The van der Waals surface area contributed by atoms with Gasteiger partial charge in [0.1, 0.15) is 22.5 Å². The molecule has 11 heteroatoms. The van der Waals surface area contributed by atoms with Gasteiger partial charge in [0.15, 0.2) is 17.3 Å². The minimum absolute atomic E-state index is 0.192. The van der Waals surface area contributed by atoms with Gasteiger partial charge < -0.3 is 20.5 Å². The van der Waals surface area contributed by atoms with Crippen LogP contribution in [0.5, 0.6) is 0 Å². The molecule has 0 unspecified atom stereocenters. The largest absolute Gasteiger partial charge is 0.355 e. The molecule has 2 fully saturated rings. The second kappa shape index (κ2) is 7.98. The van der Waals surface area contributed by atoms with Crippen molar-refractivity contribution >= 4 is 33.7 Å². The number of nitrogens with one attached hydrogen (secondary N) is 2. The number of piperidine rings is 1. The van der Waals surface area contributed by atoms with Crippen molar-refractivity contribution < 1.29 is 0 Å². The van der Waals surface area contributed by atoms with Crippen LogP contribution in [0.2, 0.25) is 0 Å². The first kappa shape index (κ1) is 20.3. The molecular weight excluding hydrogens is 442 g/mol. The summed E-state index contributed by atoms with van der Waals surface area (Å²) in [6.45, 7) is 3.59. The quantitative estimate of drug-likeness (QED) is 0.363. The number of aromatic nitrogens is 8. The molecule has 5 aromatic rings. The van der Waals surface area contributed by atoms with Gasteiger partial charge in [-0.2, -0.15) is 5.10 Å². The second-order valence-electron chi connectivity index (χ2n) is 9.26. The Morgan fingerprint density at radius 1 is 0.857 bits per heavy atom. The fraction of sp³-hybridized carbons (Fsp3) is 0.333. The lowest BCUT2D eigenvalue weighted by Crippen LogP contribution is -2.56. The van der Waals surface area contributed by atoms with Crippen LogP contribution in [-0.4, -0.2) is 72.3 Å². The number of H-pyrrole nitrogens is 2. The van der Waals surface area contributed by atoms with Gasteiger partial charge in [-0.15, -0.1) is 0 Å². The highest BCUT2D eigenvalue weighted by atomic mass is 15.3. The van der Waals surface area contributed by atoms with E-state index in [9.17, 15) is 0 Å². The number of hydrogen-bond acceptors (Lipinski definition) is 9. The summed E-state index contributed by atoms with van der Waals surface area (Å²) in [7, 11) is 0. The number of aromatic amines is 2. The second-order valence-corrected chi connectivity index (χ2v) is 9.26. The van der Waals surface area contributed by atoms with Crippen LogP contribution in [-0.2, 0) is 0 Å². The molecule has 0 aliphatic carbocycles. The number of anilines is 2. The maximum atomic E-state index is 5.93. The number of imidazole rings is 1. The van der Waals surface area contributed by atoms with Gasteiger partial charge in [0, 0.05) is 38.4 Å². The molecule has 0 bridgehead atoms. The van der Waals surface area contributed by atoms with E-state index in [1.807, 2.05) is 24.4 Å². The van der Waals surface area contributed by atoms with E-state index in [0.29, 0.717) is 17.2 Å². The summed E-state index contributed by atoms with van der Waals surface area (Å²) in [4.78, 5) is 31.5. The molecule has 0 aromatic carbocycles. The number of fused-ring (bicyclic) bond motifs is 2. The van der Waals surface area contributed by atoms with E-state index < -0.39 is 0 Å². The Labute approximate surface area is 200 Å². The molecule has 5 aromatic heterocycles. The molecule has 7 heterocycles. The highest BCUT2D eigenvalue weighted by Crippen LogP contribution is 2.31. The van der Waals surface area contributed by atoms with Crippen molar-refractivity contribution in [2.24, 2.45) is 5.73 Å². The average Bonchev–Trinajstić information content (AvgIpc) is 3.51. The summed E-state index contributed by atoms with van der Waals surface area (Å²) in [5.74, 6) is 2.40. The van der Waals surface area contributed by atoms with Crippen molar-refractivity contribution in [2.45, 2.75) is 25.3 Å². The molecule has 35 heavy (non-hydrogen) atoms. The molecule has 0 saturated carbocycles. The van der Waals surface area contributed by atoms with E-state index in [-0.39, 0.29) is 6.04 Å². The third-order valence-corrected chi connectivity index (χ3v) is 6.79. The fourth-order valence-corrected chi connectivity index (χ4v) is 4.91. The topological polar surface area (TPSA) is 141 Å². The lowest BCUT2D eigenvalue weighted by atomic mass is 10.1. The first-order valence-corrected chi connectivity index (χ1v) is 12.0. The van der Waals surface area contributed by atoms with Crippen LogP contribution in [0.1, 0.15) is 19.3 Å². The van der Waals surface area contributed by atoms with Crippen molar-refractivity contribution in [3.05, 3.63) is 36.8 Å². The molecule has 2 aliphatic rings. The van der Waals surface area contributed by atoms with Crippen molar-refractivity contribution in [2.75, 3.05) is 36.0 Å². The predicted molar refractivity (Wildman–Crippen MR) is 134 cm³/mol. The Hall–Kier alpha value is -4.12. The Morgan fingerprint density at radius 3 is 2.60 bits per heavy atom. The number of pyridine rings is 2. The summed E-state index contributed by atoms with van der Waals surface area (Å²) >= 11 is 0. The van der Waals surface area contributed by atoms with E-state index in [4.69, 9.17) is 20.7 Å². The van der Waals surface area contributed by atoms with Crippen LogP contribution in [0.3, 0.4) is 0 Å². The third kappa shape index (κ3) is 3.46. The minimum Gasteiger partial charge on any atom is -0.355 e. The van der Waals surface area contributed by atoms with Crippen LogP contribution in [0, 0.1) is 0 Å². The summed E-state index contributed by atoms with van der Waals surface area (Å²) in [6, 6.07) is 6.04. The zero-order chi connectivity index (χ0) is 23.4. The Kier molecular flexibility index (Phi) is 4.62. The summed E-state index contributed by atoms with van der Waals surface area (Å²) in [6.07, 6.45) is 8.96. The summed E-state index contributed by atoms with van der Waals surface area (Å²) in [5, 5.41) is 7.62. The van der Waals surface area contributed by atoms with Crippen LogP contribution in [0.25, 0.3) is 45.0 Å². The molecule has 0 amide bonds. The highest BCUT2D eigenvalue weighted by Gasteiger charge is 2.25. The van der Waals surface area contributed by atoms with Crippen LogP contribution >= 0.6 is 0 Å². The lowest BCUT2D eigenvalue weighted by Gasteiger charge is -2.37. The van der Waals surface area contributed by atoms with E-state index in [1.54, 1.807) is 12.4 Å². The monoisotopic (exact) mass is 467 g/mol. The standard InChI is InChI=1S/C24H25N11/c25-14-12-35(13-14)19-11-26-10-18(28-19)15-4-5-17-20(29-15)22(33-32-17)23-30-16-6-7-27-24(21(16)31-23)34-8-2-1-3-9-34/h4-7,10-11,14H,1-3,8-9,12-13,25H2,(H,30,31)(H,32,33). The zero-order valence-corrected chi connectivity index (χ0v) is 19.1. The lowest BCUT2D eigenvalue weighted by molar-refractivity contribution is 0.514. The van der Waals surface area contributed by atoms with Crippen molar-refractivity contribution in [1.29, 1.82) is 0 Å². The SMILES string of the molecule is NC1CN(c2cncc(-c3ccc4[nH]nc(-c5nc6c(N7CCCCC7)nccc6[nH]5)c4n3)n2)C1. The van der Waals surface area contributed by atoms with Crippen molar-refractivity contribution in [3.8, 4) is 22.9 Å². The van der Waals surface area contributed by atoms with Crippen LogP contribution in [0.4, 0.5) is 11.6 Å². The molecule has 4 N–H and O–H groups in total. The summed E-state index contributed by atoms with van der Waals surface area (Å²) < 4.78 is 0.